The molecule has 0 amide bonds. The van der Waals surface area contributed by atoms with E-state index in [1.807, 2.05) is 13.8 Å². The maximum Gasteiger partial charge on any atom is 0.331 e. The van der Waals surface area contributed by atoms with Crippen LogP contribution in [0.3, 0.4) is 0 Å². The van der Waals surface area contributed by atoms with Crippen LogP contribution in [0.2, 0.25) is 18.1 Å². The van der Waals surface area contributed by atoms with Crippen molar-refractivity contribution in [3.63, 3.8) is 0 Å². The molecule has 3 nitrogen and oxygen atoms in total. The maximum atomic E-state index is 11.3. The van der Waals surface area contributed by atoms with Gasteiger partial charge in [-0.15, -0.1) is 0 Å². The van der Waals surface area contributed by atoms with Gasteiger partial charge in [0.25, 0.3) is 0 Å². The highest BCUT2D eigenvalue weighted by atomic mass is 28.4. The SMILES string of the molecule is CC(C)OC(=O)CO[Si](C)(C)C(C)(C)C. The van der Waals surface area contributed by atoms with Crippen LogP contribution in [0.5, 0.6) is 0 Å². The first-order chi connectivity index (χ1) is 6.56. The third-order valence-corrected chi connectivity index (χ3v) is 7.20. The van der Waals surface area contributed by atoms with Crippen molar-refractivity contribution in [3.05, 3.63) is 0 Å². The lowest BCUT2D eigenvalue weighted by Gasteiger charge is -2.35. The largest absolute Gasteiger partial charge is 0.461 e. The normalized spacial score (nSPS) is 13.1. The van der Waals surface area contributed by atoms with Gasteiger partial charge in [-0.25, -0.2) is 4.79 Å². The van der Waals surface area contributed by atoms with Gasteiger partial charge < -0.3 is 9.16 Å². The highest BCUT2D eigenvalue weighted by Crippen LogP contribution is 2.36. The fourth-order valence-electron chi connectivity index (χ4n) is 0.753. The average Bonchev–Trinajstić information content (AvgIpc) is 1.97. The summed E-state index contributed by atoms with van der Waals surface area (Å²) < 4.78 is 10.7. The van der Waals surface area contributed by atoms with Crippen molar-refractivity contribution in [1.29, 1.82) is 0 Å². The van der Waals surface area contributed by atoms with Gasteiger partial charge in [0.05, 0.1) is 6.10 Å². The van der Waals surface area contributed by atoms with E-state index in [0.29, 0.717) is 0 Å². The molecule has 0 N–H and O–H groups in total. The number of esters is 1. The molecule has 0 aromatic rings. The highest BCUT2D eigenvalue weighted by Gasteiger charge is 2.37. The standard InChI is InChI=1S/C11H24O3Si/c1-9(2)14-10(12)8-13-15(6,7)11(3,4)5/h9H,8H2,1-7H3. The molecule has 0 saturated heterocycles. The van der Waals surface area contributed by atoms with E-state index >= 15 is 0 Å². The van der Waals surface area contributed by atoms with Crippen LogP contribution < -0.4 is 0 Å². The summed E-state index contributed by atoms with van der Waals surface area (Å²) in [6, 6.07) is 0. The van der Waals surface area contributed by atoms with Crippen molar-refractivity contribution >= 4 is 14.3 Å². The van der Waals surface area contributed by atoms with Gasteiger partial charge in [-0.2, -0.15) is 0 Å². The van der Waals surface area contributed by atoms with Crippen LogP contribution in [0.1, 0.15) is 34.6 Å². The van der Waals surface area contributed by atoms with Crippen molar-refractivity contribution in [2.75, 3.05) is 6.61 Å². The van der Waals surface area contributed by atoms with Gasteiger partial charge in [-0.1, -0.05) is 20.8 Å². The summed E-state index contributed by atoms with van der Waals surface area (Å²) in [4.78, 5) is 11.3. The molecule has 0 aliphatic rings. The van der Waals surface area contributed by atoms with Gasteiger partial charge in [-0.05, 0) is 32.0 Å². The fourth-order valence-corrected chi connectivity index (χ4v) is 1.66. The summed E-state index contributed by atoms with van der Waals surface area (Å²) in [6.45, 7) is 14.4. The van der Waals surface area contributed by atoms with E-state index in [1.54, 1.807) is 0 Å². The van der Waals surface area contributed by atoms with Crippen molar-refractivity contribution in [1.82, 2.24) is 0 Å². The molecule has 90 valence electrons. The molecule has 0 spiro atoms. The van der Waals surface area contributed by atoms with Crippen molar-refractivity contribution < 1.29 is 14.0 Å². The third-order valence-electron chi connectivity index (χ3n) is 2.72. The molecule has 4 heteroatoms. The van der Waals surface area contributed by atoms with E-state index in [1.165, 1.54) is 0 Å². The van der Waals surface area contributed by atoms with Gasteiger partial charge in [0.2, 0.25) is 0 Å². The lowest BCUT2D eigenvalue weighted by molar-refractivity contribution is -0.150. The van der Waals surface area contributed by atoms with E-state index in [9.17, 15) is 4.79 Å². The molecular weight excluding hydrogens is 208 g/mol. The predicted molar refractivity (Wildman–Crippen MR) is 64.4 cm³/mol. The molecule has 0 unspecified atom stereocenters. The predicted octanol–water partition coefficient (Wildman–Crippen LogP) is 2.96. The highest BCUT2D eigenvalue weighted by molar-refractivity contribution is 6.74. The van der Waals surface area contributed by atoms with Gasteiger partial charge in [-0.3, -0.25) is 0 Å². The Morgan fingerprint density at radius 2 is 1.73 bits per heavy atom. The summed E-state index contributed by atoms with van der Waals surface area (Å²) in [5, 5.41) is 0.130. The molecule has 0 atom stereocenters. The third kappa shape index (κ3) is 5.32. The van der Waals surface area contributed by atoms with E-state index < -0.39 is 8.32 Å². The Morgan fingerprint density at radius 3 is 2.07 bits per heavy atom. The number of hydrogen-bond acceptors (Lipinski definition) is 3. The number of hydrogen-bond donors (Lipinski definition) is 0. The molecule has 0 bridgehead atoms. The Balaban J connectivity index is 4.10. The second kappa shape index (κ2) is 5.12. The number of ether oxygens (including phenoxy) is 1. The zero-order chi connectivity index (χ0) is 12.3. The summed E-state index contributed by atoms with van der Waals surface area (Å²) in [5.74, 6) is -0.269. The monoisotopic (exact) mass is 232 g/mol. The van der Waals surface area contributed by atoms with Crippen LogP contribution in [-0.4, -0.2) is 27.0 Å². The Morgan fingerprint density at radius 1 is 1.27 bits per heavy atom. The van der Waals surface area contributed by atoms with Crippen molar-refractivity contribution in [2.45, 2.75) is 58.9 Å². The van der Waals surface area contributed by atoms with Gasteiger partial charge in [0, 0.05) is 0 Å². The van der Waals surface area contributed by atoms with Crippen LogP contribution in [-0.2, 0) is 14.0 Å². The minimum Gasteiger partial charge on any atom is -0.461 e. The first-order valence-electron chi connectivity index (χ1n) is 5.40. The van der Waals surface area contributed by atoms with E-state index in [0.717, 1.165) is 0 Å². The lowest BCUT2D eigenvalue weighted by Crippen LogP contribution is -2.42. The van der Waals surface area contributed by atoms with Crippen molar-refractivity contribution in [2.24, 2.45) is 0 Å². The molecule has 0 saturated carbocycles. The minimum absolute atomic E-state index is 0.0690. The molecule has 0 aromatic carbocycles. The Kier molecular flexibility index (Phi) is 5.00. The molecule has 0 aromatic heterocycles. The molecule has 0 aliphatic carbocycles. The van der Waals surface area contributed by atoms with Gasteiger partial charge in [0.15, 0.2) is 8.32 Å². The second-order valence-corrected chi connectivity index (χ2v) is 10.4. The first kappa shape index (κ1) is 14.6. The van der Waals surface area contributed by atoms with Crippen LogP contribution in [0.4, 0.5) is 0 Å². The molecule has 0 radical (unpaired) electrons. The van der Waals surface area contributed by atoms with E-state index in [-0.39, 0.29) is 23.7 Å². The summed E-state index contributed by atoms with van der Waals surface area (Å²) >= 11 is 0. The zero-order valence-corrected chi connectivity index (χ0v) is 12.0. The minimum atomic E-state index is -1.82. The van der Waals surface area contributed by atoms with Crippen LogP contribution >= 0.6 is 0 Å². The maximum absolute atomic E-state index is 11.3. The summed E-state index contributed by atoms with van der Waals surface area (Å²) in [6.07, 6.45) is -0.0690. The summed E-state index contributed by atoms with van der Waals surface area (Å²) in [7, 11) is -1.82. The number of carbonyl (C=O) groups is 1. The number of rotatable bonds is 4. The van der Waals surface area contributed by atoms with Gasteiger partial charge >= 0.3 is 5.97 Å². The second-order valence-electron chi connectivity index (χ2n) is 5.59. The topological polar surface area (TPSA) is 35.5 Å². The first-order valence-corrected chi connectivity index (χ1v) is 8.30. The van der Waals surface area contributed by atoms with Crippen LogP contribution in [0.15, 0.2) is 0 Å². The van der Waals surface area contributed by atoms with Crippen LogP contribution in [0, 0.1) is 0 Å². The molecule has 15 heavy (non-hydrogen) atoms. The van der Waals surface area contributed by atoms with E-state index in [2.05, 4.69) is 33.9 Å². The van der Waals surface area contributed by atoms with Crippen molar-refractivity contribution in [3.8, 4) is 0 Å². The molecule has 0 fully saturated rings. The molecule has 0 heterocycles. The number of carbonyl (C=O) groups excluding carboxylic acids is 1. The zero-order valence-electron chi connectivity index (χ0n) is 11.0. The Labute approximate surface area is 94.3 Å². The Hall–Kier alpha value is -0.353. The van der Waals surface area contributed by atoms with Crippen LogP contribution in [0.25, 0.3) is 0 Å². The van der Waals surface area contributed by atoms with Gasteiger partial charge in [0.1, 0.15) is 6.61 Å². The van der Waals surface area contributed by atoms with E-state index in [4.69, 9.17) is 9.16 Å². The smallest absolute Gasteiger partial charge is 0.331 e. The lowest BCUT2D eigenvalue weighted by atomic mass is 10.2. The Bertz CT molecular complexity index is 216. The fraction of sp³-hybridized carbons (Fsp3) is 0.909. The summed E-state index contributed by atoms with van der Waals surface area (Å²) in [5.41, 5.74) is 0. The molecule has 0 rings (SSSR count). The molecule has 0 aliphatic heterocycles. The quantitative estimate of drug-likeness (QED) is 0.552. The average molecular weight is 232 g/mol. The molecular formula is C11H24O3Si.